The van der Waals surface area contributed by atoms with Gasteiger partial charge in [-0.05, 0) is 52.9 Å². The summed E-state index contributed by atoms with van der Waals surface area (Å²) in [4.78, 5) is 0.352. The Morgan fingerprint density at radius 1 is 1.27 bits per heavy atom. The Bertz CT molecular complexity index is 621. The third-order valence-electron chi connectivity index (χ3n) is 5.12. The fourth-order valence-corrected chi connectivity index (χ4v) is 5.44. The third-order valence-corrected chi connectivity index (χ3v) is 7.28. The summed E-state index contributed by atoms with van der Waals surface area (Å²) < 4.78 is 27.2. The van der Waals surface area contributed by atoms with Crippen molar-refractivity contribution in [1.82, 2.24) is 19.8 Å². The number of piperidine rings is 1. The van der Waals surface area contributed by atoms with Gasteiger partial charge >= 0.3 is 0 Å². The van der Waals surface area contributed by atoms with Crippen molar-refractivity contribution in [2.75, 3.05) is 13.1 Å². The van der Waals surface area contributed by atoms with Crippen molar-refractivity contribution >= 4 is 10.0 Å². The zero-order valence-electron chi connectivity index (χ0n) is 13.6. The van der Waals surface area contributed by atoms with Crippen molar-refractivity contribution in [2.24, 2.45) is 0 Å². The molecule has 1 saturated heterocycles. The first-order valence-electron chi connectivity index (χ1n) is 8.11. The zero-order chi connectivity index (χ0) is 16.0. The lowest BCUT2D eigenvalue weighted by atomic mass is 9.77. The van der Waals surface area contributed by atoms with Gasteiger partial charge in [0.1, 0.15) is 4.90 Å². The van der Waals surface area contributed by atoms with Gasteiger partial charge in [0.2, 0.25) is 10.0 Å². The Labute approximate surface area is 132 Å². The molecule has 2 heterocycles. The normalized spacial score (nSPS) is 23.4. The van der Waals surface area contributed by atoms with Crippen LogP contribution in [0.4, 0.5) is 0 Å². The molecule has 3 rings (SSSR count). The van der Waals surface area contributed by atoms with Crippen LogP contribution in [0.2, 0.25) is 0 Å². The molecule has 0 atom stereocenters. The molecule has 0 amide bonds. The minimum atomic E-state index is -3.43. The number of nitrogens with zero attached hydrogens (tertiary/aromatic N) is 2. The molecule has 1 aromatic heterocycles. The van der Waals surface area contributed by atoms with Crippen molar-refractivity contribution in [3.05, 3.63) is 11.4 Å². The van der Waals surface area contributed by atoms with E-state index in [1.165, 1.54) is 19.3 Å². The number of rotatable bonds is 4. The second-order valence-electron chi connectivity index (χ2n) is 7.00. The first-order chi connectivity index (χ1) is 10.3. The predicted octanol–water partition coefficient (Wildman–Crippen LogP) is 1.71. The van der Waals surface area contributed by atoms with Crippen molar-refractivity contribution in [2.45, 2.75) is 69.4 Å². The quantitative estimate of drug-likeness (QED) is 0.883. The molecule has 0 radical (unpaired) electrons. The summed E-state index contributed by atoms with van der Waals surface area (Å²) in [6.45, 7) is 6.94. The van der Waals surface area contributed by atoms with Gasteiger partial charge in [0.15, 0.2) is 0 Å². The topological polar surface area (TPSA) is 78.1 Å². The van der Waals surface area contributed by atoms with E-state index in [2.05, 4.69) is 22.4 Å². The summed E-state index contributed by atoms with van der Waals surface area (Å²) in [6.07, 6.45) is 5.53. The summed E-state index contributed by atoms with van der Waals surface area (Å²) in [6, 6.07) is 0.434. The van der Waals surface area contributed by atoms with Gasteiger partial charge in [-0.2, -0.15) is 9.40 Å². The maximum absolute atomic E-state index is 12.8. The molecule has 0 bridgehead atoms. The van der Waals surface area contributed by atoms with E-state index in [9.17, 15) is 8.42 Å². The van der Waals surface area contributed by atoms with Crippen LogP contribution in [-0.4, -0.2) is 47.6 Å². The molecule has 2 N–H and O–H groups in total. The SMILES string of the molecule is Cc1n[nH]c(C)c1S(=O)(=O)N1CCC(NC2(C)CCC2)CC1. The van der Waals surface area contributed by atoms with E-state index >= 15 is 0 Å². The summed E-state index contributed by atoms with van der Waals surface area (Å²) in [5.41, 5.74) is 1.46. The Morgan fingerprint density at radius 3 is 2.36 bits per heavy atom. The predicted molar refractivity (Wildman–Crippen MR) is 85.2 cm³/mol. The summed E-state index contributed by atoms with van der Waals surface area (Å²) in [7, 11) is -3.43. The fraction of sp³-hybridized carbons (Fsp3) is 0.800. The van der Waals surface area contributed by atoms with Crippen molar-refractivity contribution < 1.29 is 8.42 Å². The van der Waals surface area contributed by atoms with Crippen LogP contribution in [0.3, 0.4) is 0 Å². The second kappa shape index (κ2) is 5.62. The van der Waals surface area contributed by atoms with E-state index in [1.807, 2.05) is 0 Å². The number of aromatic nitrogens is 2. The number of aromatic amines is 1. The molecule has 1 aliphatic heterocycles. The van der Waals surface area contributed by atoms with Gasteiger partial charge < -0.3 is 5.32 Å². The van der Waals surface area contributed by atoms with Crippen LogP contribution < -0.4 is 5.32 Å². The van der Waals surface area contributed by atoms with E-state index in [4.69, 9.17) is 0 Å². The molecule has 6 nitrogen and oxygen atoms in total. The third kappa shape index (κ3) is 2.81. The molecule has 22 heavy (non-hydrogen) atoms. The van der Waals surface area contributed by atoms with Crippen LogP contribution in [0, 0.1) is 13.8 Å². The van der Waals surface area contributed by atoms with E-state index in [-0.39, 0.29) is 5.54 Å². The number of hydrogen-bond acceptors (Lipinski definition) is 4. The van der Waals surface area contributed by atoms with Crippen molar-refractivity contribution in [1.29, 1.82) is 0 Å². The number of hydrogen-bond donors (Lipinski definition) is 2. The lowest BCUT2D eigenvalue weighted by Gasteiger charge is -2.44. The number of sulfonamides is 1. The molecule has 1 saturated carbocycles. The minimum absolute atomic E-state index is 0.281. The van der Waals surface area contributed by atoms with Gasteiger partial charge in [-0.15, -0.1) is 0 Å². The van der Waals surface area contributed by atoms with Gasteiger partial charge in [-0.25, -0.2) is 8.42 Å². The molecular formula is C15H26N4O2S. The van der Waals surface area contributed by atoms with Gasteiger partial charge in [-0.3, -0.25) is 5.10 Å². The van der Waals surface area contributed by atoms with Crippen LogP contribution in [0.25, 0.3) is 0 Å². The number of H-pyrrole nitrogens is 1. The molecule has 2 aliphatic rings. The second-order valence-corrected chi connectivity index (χ2v) is 8.87. The maximum Gasteiger partial charge on any atom is 0.246 e. The Balaban J connectivity index is 1.66. The molecule has 7 heteroatoms. The molecule has 0 spiro atoms. The van der Waals surface area contributed by atoms with Crippen LogP contribution in [-0.2, 0) is 10.0 Å². The maximum atomic E-state index is 12.8. The van der Waals surface area contributed by atoms with Gasteiger partial charge in [0.05, 0.1) is 11.4 Å². The Morgan fingerprint density at radius 2 is 1.91 bits per heavy atom. The highest BCUT2D eigenvalue weighted by Crippen LogP contribution is 2.33. The van der Waals surface area contributed by atoms with Crippen molar-refractivity contribution in [3.63, 3.8) is 0 Å². The molecule has 124 valence electrons. The summed E-state index contributed by atoms with van der Waals surface area (Å²) in [5.74, 6) is 0. The molecule has 0 unspecified atom stereocenters. The van der Waals surface area contributed by atoms with Gasteiger partial charge in [0.25, 0.3) is 0 Å². The highest BCUT2D eigenvalue weighted by atomic mass is 32.2. The van der Waals surface area contributed by atoms with Crippen LogP contribution in [0.1, 0.15) is 50.4 Å². The van der Waals surface area contributed by atoms with E-state index in [0.29, 0.717) is 35.4 Å². The molecule has 1 aliphatic carbocycles. The number of aryl methyl sites for hydroxylation is 2. The lowest BCUT2D eigenvalue weighted by Crippen LogP contribution is -2.55. The van der Waals surface area contributed by atoms with E-state index in [1.54, 1.807) is 18.2 Å². The first kappa shape index (κ1) is 16.0. The largest absolute Gasteiger partial charge is 0.309 e. The highest BCUT2D eigenvalue weighted by molar-refractivity contribution is 7.89. The van der Waals surface area contributed by atoms with Gasteiger partial charge in [0, 0.05) is 24.7 Å². The van der Waals surface area contributed by atoms with Gasteiger partial charge in [-0.1, -0.05) is 0 Å². The van der Waals surface area contributed by atoms with E-state index < -0.39 is 10.0 Å². The number of nitrogens with one attached hydrogen (secondary N) is 2. The average Bonchev–Trinajstić information content (AvgIpc) is 2.77. The molecule has 1 aromatic rings. The minimum Gasteiger partial charge on any atom is -0.309 e. The molecule has 2 fully saturated rings. The summed E-state index contributed by atoms with van der Waals surface area (Å²) >= 11 is 0. The zero-order valence-corrected chi connectivity index (χ0v) is 14.5. The first-order valence-corrected chi connectivity index (χ1v) is 9.55. The van der Waals surface area contributed by atoms with Crippen molar-refractivity contribution in [3.8, 4) is 0 Å². The fourth-order valence-electron chi connectivity index (χ4n) is 3.63. The lowest BCUT2D eigenvalue weighted by molar-refractivity contribution is 0.158. The smallest absolute Gasteiger partial charge is 0.246 e. The Kier molecular flexibility index (Phi) is 4.07. The summed E-state index contributed by atoms with van der Waals surface area (Å²) in [5, 5.41) is 10.5. The van der Waals surface area contributed by atoms with Crippen LogP contribution >= 0.6 is 0 Å². The molecule has 0 aromatic carbocycles. The van der Waals surface area contributed by atoms with Crippen LogP contribution in [0.15, 0.2) is 4.90 Å². The Hall–Kier alpha value is -0.920. The monoisotopic (exact) mass is 326 g/mol. The van der Waals surface area contributed by atoms with Crippen LogP contribution in [0.5, 0.6) is 0 Å². The molecular weight excluding hydrogens is 300 g/mol. The average molecular weight is 326 g/mol. The standard InChI is InChI=1S/C15H26N4O2S/c1-11-14(12(2)18-17-11)22(20,21)19-9-5-13(6-10-19)16-15(3)7-4-8-15/h13,16H,4-10H2,1-3H3,(H,17,18). The van der Waals surface area contributed by atoms with E-state index in [0.717, 1.165) is 12.8 Å². The highest BCUT2D eigenvalue weighted by Gasteiger charge is 2.37.